The predicted molar refractivity (Wildman–Crippen MR) is 71.0 cm³/mol. The Morgan fingerprint density at radius 3 is 2.67 bits per heavy atom. The van der Waals surface area contributed by atoms with Crippen molar-refractivity contribution in [3.8, 4) is 11.9 Å². The summed E-state index contributed by atoms with van der Waals surface area (Å²) in [6, 6.07) is 9.18. The molecule has 0 aliphatic heterocycles. The molecule has 2 rings (SSSR count). The lowest BCUT2D eigenvalue weighted by molar-refractivity contribution is 0.417. The molecule has 0 spiro atoms. The largest absolute Gasteiger partial charge is 0.494 e. The fourth-order valence-corrected chi connectivity index (χ4v) is 2.14. The molecule has 0 bridgehead atoms. The molecule has 0 aliphatic rings. The van der Waals surface area contributed by atoms with Gasteiger partial charge < -0.3 is 9.67 Å². The Kier molecular flexibility index (Phi) is 3.33. The summed E-state index contributed by atoms with van der Waals surface area (Å²) in [6.07, 6.45) is 1.90. The highest BCUT2D eigenvalue weighted by Crippen LogP contribution is 2.31. The van der Waals surface area contributed by atoms with Crippen LogP contribution in [0.5, 0.6) is 5.88 Å². The fraction of sp³-hybridized carbons (Fsp3) is 0.286. The first-order chi connectivity index (χ1) is 8.70. The third kappa shape index (κ3) is 1.84. The number of nitrogens with one attached hydrogen (secondary N) is 1. The third-order valence-corrected chi connectivity index (χ3v) is 3.03. The van der Waals surface area contributed by atoms with Crippen LogP contribution in [-0.2, 0) is 6.54 Å². The molecule has 2 aromatic rings. The highest BCUT2D eigenvalue weighted by atomic mass is 16.3. The molecule has 0 radical (unpaired) electrons. The summed E-state index contributed by atoms with van der Waals surface area (Å²) in [4.78, 5) is 0. The molecule has 4 nitrogen and oxygen atoms in total. The number of hydrogen-bond acceptors (Lipinski definition) is 3. The Labute approximate surface area is 106 Å². The second kappa shape index (κ2) is 4.92. The number of rotatable bonds is 4. The summed E-state index contributed by atoms with van der Waals surface area (Å²) in [5.74, 6) is 0.147. The minimum Gasteiger partial charge on any atom is -0.494 e. The van der Waals surface area contributed by atoms with E-state index in [1.807, 2.05) is 24.3 Å². The van der Waals surface area contributed by atoms with Crippen LogP contribution in [0.1, 0.15) is 25.5 Å². The molecule has 2 N–H and O–H groups in total. The van der Waals surface area contributed by atoms with Crippen LogP contribution < -0.4 is 0 Å². The van der Waals surface area contributed by atoms with Gasteiger partial charge in [0.25, 0.3) is 0 Å². The van der Waals surface area contributed by atoms with Crippen molar-refractivity contribution in [1.82, 2.24) is 4.57 Å². The van der Waals surface area contributed by atoms with Crippen LogP contribution >= 0.6 is 0 Å². The Hall–Kier alpha value is -2.28. The summed E-state index contributed by atoms with van der Waals surface area (Å²) in [5, 5.41) is 28.4. The second-order valence-electron chi connectivity index (χ2n) is 4.21. The van der Waals surface area contributed by atoms with Crippen LogP contribution in [0.3, 0.4) is 0 Å². The Balaban J connectivity index is 2.70. The van der Waals surface area contributed by atoms with Gasteiger partial charge >= 0.3 is 0 Å². The maximum absolute atomic E-state index is 10.2. The summed E-state index contributed by atoms with van der Waals surface area (Å²) >= 11 is 0. The van der Waals surface area contributed by atoms with E-state index in [2.05, 4.69) is 6.92 Å². The van der Waals surface area contributed by atoms with Gasteiger partial charge in [-0.15, -0.1) is 0 Å². The van der Waals surface area contributed by atoms with Gasteiger partial charge in [-0.2, -0.15) is 5.26 Å². The molecule has 0 aliphatic carbocycles. The quantitative estimate of drug-likeness (QED) is 0.807. The first-order valence-electron chi connectivity index (χ1n) is 6.00. The van der Waals surface area contributed by atoms with E-state index in [1.54, 1.807) is 10.6 Å². The molecule has 0 unspecified atom stereocenters. The molecule has 0 saturated heterocycles. The predicted octanol–water partition coefficient (Wildman–Crippen LogP) is 3.04. The van der Waals surface area contributed by atoms with E-state index in [0.717, 1.165) is 18.2 Å². The van der Waals surface area contributed by atoms with Gasteiger partial charge in [0.2, 0.25) is 0 Å². The number of fused-ring (bicyclic) bond motifs is 1. The van der Waals surface area contributed by atoms with Crippen molar-refractivity contribution in [3.05, 3.63) is 30.0 Å². The van der Waals surface area contributed by atoms with Gasteiger partial charge in [-0.25, -0.2) is 0 Å². The van der Waals surface area contributed by atoms with Gasteiger partial charge in [0.05, 0.1) is 5.69 Å². The van der Waals surface area contributed by atoms with Crippen molar-refractivity contribution < 1.29 is 5.11 Å². The van der Waals surface area contributed by atoms with Gasteiger partial charge in [0.15, 0.2) is 11.6 Å². The average molecular weight is 241 g/mol. The molecule has 1 aromatic carbocycles. The number of nitrogens with zero attached hydrogens (tertiary/aromatic N) is 2. The van der Waals surface area contributed by atoms with E-state index < -0.39 is 0 Å². The molecule has 1 heterocycles. The minimum atomic E-state index is -0.109. The highest BCUT2D eigenvalue weighted by Gasteiger charge is 2.18. The first kappa shape index (κ1) is 12.2. The lowest BCUT2D eigenvalue weighted by atomic mass is 10.1. The molecule has 1 aromatic heterocycles. The third-order valence-electron chi connectivity index (χ3n) is 3.03. The van der Waals surface area contributed by atoms with E-state index in [-0.39, 0.29) is 11.6 Å². The number of nitriles is 1. The fourth-order valence-electron chi connectivity index (χ4n) is 2.14. The van der Waals surface area contributed by atoms with Gasteiger partial charge in [-0.1, -0.05) is 31.5 Å². The Bertz CT molecular complexity index is 634. The summed E-state index contributed by atoms with van der Waals surface area (Å²) in [6.45, 7) is 2.69. The van der Waals surface area contributed by atoms with Gasteiger partial charge in [0, 0.05) is 17.3 Å². The van der Waals surface area contributed by atoms with Crippen molar-refractivity contribution in [2.75, 3.05) is 0 Å². The van der Waals surface area contributed by atoms with Gasteiger partial charge in [-0.3, -0.25) is 5.41 Å². The topological polar surface area (TPSA) is 72.8 Å². The van der Waals surface area contributed by atoms with Crippen LogP contribution in [0, 0.1) is 16.7 Å². The van der Waals surface area contributed by atoms with Crippen LogP contribution in [0.4, 0.5) is 0 Å². The maximum atomic E-state index is 10.2. The lowest BCUT2D eigenvalue weighted by Gasteiger charge is -2.07. The average Bonchev–Trinajstić information content (AvgIpc) is 2.69. The molecule has 92 valence electrons. The van der Waals surface area contributed by atoms with Crippen molar-refractivity contribution in [2.45, 2.75) is 26.3 Å². The molecule has 0 fully saturated rings. The number of aromatic nitrogens is 1. The monoisotopic (exact) mass is 241 g/mol. The number of hydrogen-bond donors (Lipinski definition) is 2. The molecule has 0 saturated carbocycles. The Morgan fingerprint density at radius 2 is 2.06 bits per heavy atom. The number of aromatic hydroxyl groups is 1. The summed E-state index contributed by atoms with van der Waals surface area (Å²) in [7, 11) is 0. The standard InChI is InChI=1S/C14H15N3O/c1-2-3-8-17-13(12(16)9-15)10-6-4-5-7-11(10)14(17)18/h4-7,16,18H,2-3,8H2,1H3. The Morgan fingerprint density at radius 1 is 1.39 bits per heavy atom. The molecule has 0 amide bonds. The van der Waals surface area contributed by atoms with Gasteiger partial charge in [-0.05, 0) is 12.5 Å². The van der Waals surface area contributed by atoms with Crippen molar-refractivity contribution in [3.63, 3.8) is 0 Å². The normalized spacial score (nSPS) is 10.4. The SMILES string of the molecule is CCCCn1c(O)c2ccccc2c1C(=N)C#N. The molecular formula is C14H15N3O. The van der Waals surface area contributed by atoms with E-state index >= 15 is 0 Å². The molecule has 18 heavy (non-hydrogen) atoms. The van der Waals surface area contributed by atoms with Crippen molar-refractivity contribution in [1.29, 1.82) is 10.7 Å². The van der Waals surface area contributed by atoms with Crippen molar-refractivity contribution in [2.24, 2.45) is 0 Å². The van der Waals surface area contributed by atoms with Crippen molar-refractivity contribution >= 4 is 16.5 Å². The molecular weight excluding hydrogens is 226 g/mol. The smallest absolute Gasteiger partial charge is 0.199 e. The number of benzene rings is 1. The van der Waals surface area contributed by atoms with E-state index in [0.29, 0.717) is 17.6 Å². The molecule has 4 heteroatoms. The first-order valence-corrected chi connectivity index (χ1v) is 6.00. The zero-order valence-electron chi connectivity index (χ0n) is 10.3. The summed E-state index contributed by atoms with van der Waals surface area (Å²) in [5.41, 5.74) is 0.404. The molecule has 0 atom stereocenters. The van der Waals surface area contributed by atoms with Crippen LogP contribution in [0.25, 0.3) is 10.8 Å². The van der Waals surface area contributed by atoms with Gasteiger partial charge in [0.1, 0.15) is 6.07 Å². The van der Waals surface area contributed by atoms with E-state index in [9.17, 15) is 5.11 Å². The number of unbranched alkanes of at least 4 members (excludes halogenated alkanes) is 1. The van der Waals surface area contributed by atoms with Crippen LogP contribution in [0.15, 0.2) is 24.3 Å². The lowest BCUT2D eigenvalue weighted by Crippen LogP contribution is -2.07. The van der Waals surface area contributed by atoms with Crippen LogP contribution in [-0.4, -0.2) is 15.4 Å². The maximum Gasteiger partial charge on any atom is 0.199 e. The zero-order valence-corrected chi connectivity index (χ0v) is 10.3. The second-order valence-corrected chi connectivity index (χ2v) is 4.21. The van der Waals surface area contributed by atoms with Crippen LogP contribution in [0.2, 0.25) is 0 Å². The minimum absolute atomic E-state index is 0.109. The summed E-state index contributed by atoms with van der Waals surface area (Å²) < 4.78 is 1.67. The van der Waals surface area contributed by atoms with E-state index in [1.165, 1.54) is 0 Å². The van der Waals surface area contributed by atoms with E-state index in [4.69, 9.17) is 10.7 Å². The highest BCUT2D eigenvalue weighted by molar-refractivity contribution is 6.17. The zero-order chi connectivity index (χ0) is 13.1.